The highest BCUT2D eigenvalue weighted by Crippen LogP contribution is 2.20. The topological polar surface area (TPSA) is 21.3 Å². The Morgan fingerprint density at radius 3 is 2.81 bits per heavy atom. The molecular formula is C14H29NO. The Labute approximate surface area is 101 Å². The van der Waals surface area contributed by atoms with E-state index in [4.69, 9.17) is 4.74 Å². The van der Waals surface area contributed by atoms with Crippen LogP contribution in [0, 0.1) is 5.92 Å². The Hall–Kier alpha value is -0.0800. The molecular weight excluding hydrogens is 198 g/mol. The lowest BCUT2D eigenvalue weighted by atomic mass is 9.95. The Morgan fingerprint density at radius 1 is 1.38 bits per heavy atom. The standard InChI is InChI=1S/C14H29NO/c1-4-15-13(3)11-12(2)7-5-8-14-9-6-10-16-14/h12-15H,4-11H2,1-3H3. The highest BCUT2D eigenvalue weighted by atomic mass is 16.5. The van der Waals surface area contributed by atoms with E-state index in [0.717, 1.165) is 19.1 Å². The average Bonchev–Trinajstić information content (AvgIpc) is 2.70. The Kier molecular flexibility index (Phi) is 7.06. The maximum Gasteiger partial charge on any atom is 0.0576 e. The molecule has 1 fully saturated rings. The molecule has 0 amide bonds. The molecule has 1 N–H and O–H groups in total. The van der Waals surface area contributed by atoms with Crippen LogP contribution in [0.25, 0.3) is 0 Å². The van der Waals surface area contributed by atoms with Crippen LogP contribution in [0.4, 0.5) is 0 Å². The maximum absolute atomic E-state index is 5.64. The van der Waals surface area contributed by atoms with Gasteiger partial charge in [0.05, 0.1) is 6.10 Å². The summed E-state index contributed by atoms with van der Waals surface area (Å²) in [6.45, 7) is 8.93. The highest BCUT2D eigenvalue weighted by Gasteiger charge is 2.15. The van der Waals surface area contributed by atoms with Crippen molar-refractivity contribution in [3.8, 4) is 0 Å². The third kappa shape index (κ3) is 5.86. The quantitative estimate of drug-likeness (QED) is 0.686. The lowest BCUT2D eigenvalue weighted by Crippen LogP contribution is -2.27. The van der Waals surface area contributed by atoms with Crippen molar-refractivity contribution in [1.82, 2.24) is 5.32 Å². The summed E-state index contributed by atoms with van der Waals surface area (Å²) in [5.74, 6) is 0.843. The second-order valence-corrected chi connectivity index (χ2v) is 5.37. The minimum Gasteiger partial charge on any atom is -0.378 e. The number of ether oxygens (including phenoxy) is 1. The van der Waals surface area contributed by atoms with E-state index in [2.05, 4.69) is 26.1 Å². The zero-order chi connectivity index (χ0) is 11.8. The molecule has 0 aliphatic carbocycles. The van der Waals surface area contributed by atoms with Crippen molar-refractivity contribution in [3.63, 3.8) is 0 Å². The fourth-order valence-electron chi connectivity index (χ4n) is 2.72. The van der Waals surface area contributed by atoms with Crippen molar-refractivity contribution in [2.45, 2.75) is 71.4 Å². The Morgan fingerprint density at radius 2 is 2.19 bits per heavy atom. The van der Waals surface area contributed by atoms with E-state index in [1.807, 2.05) is 0 Å². The summed E-state index contributed by atoms with van der Waals surface area (Å²) in [4.78, 5) is 0. The number of hydrogen-bond donors (Lipinski definition) is 1. The fraction of sp³-hybridized carbons (Fsp3) is 1.00. The van der Waals surface area contributed by atoms with Gasteiger partial charge in [0.15, 0.2) is 0 Å². The molecule has 0 aromatic heterocycles. The van der Waals surface area contributed by atoms with Crippen LogP contribution >= 0.6 is 0 Å². The van der Waals surface area contributed by atoms with E-state index in [1.165, 1.54) is 38.5 Å². The molecule has 3 atom stereocenters. The smallest absolute Gasteiger partial charge is 0.0576 e. The summed E-state index contributed by atoms with van der Waals surface area (Å²) in [7, 11) is 0. The maximum atomic E-state index is 5.64. The summed E-state index contributed by atoms with van der Waals surface area (Å²) >= 11 is 0. The van der Waals surface area contributed by atoms with E-state index < -0.39 is 0 Å². The molecule has 2 heteroatoms. The molecule has 1 aliphatic heterocycles. The van der Waals surface area contributed by atoms with Gasteiger partial charge in [-0.1, -0.05) is 26.7 Å². The van der Waals surface area contributed by atoms with Gasteiger partial charge in [-0.3, -0.25) is 0 Å². The molecule has 0 spiro atoms. The van der Waals surface area contributed by atoms with Gasteiger partial charge in [0, 0.05) is 12.6 Å². The molecule has 1 rings (SSSR count). The fourth-order valence-corrected chi connectivity index (χ4v) is 2.72. The lowest BCUT2D eigenvalue weighted by Gasteiger charge is -2.18. The normalized spacial score (nSPS) is 24.6. The van der Waals surface area contributed by atoms with Crippen LogP contribution in [0.2, 0.25) is 0 Å². The first-order valence-electron chi connectivity index (χ1n) is 7.07. The predicted molar refractivity (Wildman–Crippen MR) is 69.7 cm³/mol. The van der Waals surface area contributed by atoms with E-state index in [1.54, 1.807) is 0 Å². The van der Waals surface area contributed by atoms with Crippen LogP contribution in [0.1, 0.15) is 59.3 Å². The molecule has 3 unspecified atom stereocenters. The Bertz CT molecular complexity index is 166. The van der Waals surface area contributed by atoms with Gasteiger partial charge in [0.1, 0.15) is 0 Å². The van der Waals surface area contributed by atoms with Crippen LogP contribution in [-0.4, -0.2) is 25.3 Å². The molecule has 2 nitrogen and oxygen atoms in total. The van der Waals surface area contributed by atoms with E-state index in [9.17, 15) is 0 Å². The highest BCUT2D eigenvalue weighted by molar-refractivity contribution is 4.68. The molecule has 16 heavy (non-hydrogen) atoms. The van der Waals surface area contributed by atoms with Gasteiger partial charge in [0.2, 0.25) is 0 Å². The Balaban J connectivity index is 1.98. The molecule has 1 heterocycles. The molecule has 96 valence electrons. The SMILES string of the molecule is CCNC(C)CC(C)CCCC1CCCO1. The van der Waals surface area contributed by atoms with E-state index >= 15 is 0 Å². The van der Waals surface area contributed by atoms with Gasteiger partial charge in [-0.2, -0.15) is 0 Å². The van der Waals surface area contributed by atoms with Crippen molar-refractivity contribution in [3.05, 3.63) is 0 Å². The van der Waals surface area contributed by atoms with Crippen molar-refractivity contribution in [2.75, 3.05) is 13.2 Å². The second kappa shape index (κ2) is 8.08. The van der Waals surface area contributed by atoms with Crippen molar-refractivity contribution >= 4 is 0 Å². The molecule has 0 bridgehead atoms. The molecule has 1 saturated heterocycles. The molecule has 0 aromatic rings. The van der Waals surface area contributed by atoms with Crippen LogP contribution < -0.4 is 5.32 Å². The minimum absolute atomic E-state index is 0.582. The average molecular weight is 227 g/mol. The third-order valence-electron chi connectivity index (χ3n) is 3.56. The largest absolute Gasteiger partial charge is 0.378 e. The number of nitrogens with one attached hydrogen (secondary N) is 1. The van der Waals surface area contributed by atoms with Crippen molar-refractivity contribution in [1.29, 1.82) is 0 Å². The zero-order valence-corrected chi connectivity index (χ0v) is 11.3. The number of hydrogen-bond acceptors (Lipinski definition) is 2. The van der Waals surface area contributed by atoms with Gasteiger partial charge in [0.25, 0.3) is 0 Å². The summed E-state index contributed by atoms with van der Waals surface area (Å²) < 4.78 is 5.64. The molecule has 0 radical (unpaired) electrons. The van der Waals surface area contributed by atoms with Crippen LogP contribution in [0.3, 0.4) is 0 Å². The van der Waals surface area contributed by atoms with E-state index in [-0.39, 0.29) is 0 Å². The minimum atomic E-state index is 0.582. The lowest BCUT2D eigenvalue weighted by molar-refractivity contribution is 0.101. The second-order valence-electron chi connectivity index (χ2n) is 5.37. The van der Waals surface area contributed by atoms with Gasteiger partial charge in [-0.25, -0.2) is 0 Å². The van der Waals surface area contributed by atoms with Crippen molar-refractivity contribution < 1.29 is 4.74 Å². The monoisotopic (exact) mass is 227 g/mol. The van der Waals surface area contributed by atoms with Gasteiger partial charge in [-0.05, 0) is 45.1 Å². The zero-order valence-electron chi connectivity index (χ0n) is 11.3. The molecule has 0 aromatic carbocycles. The first-order valence-corrected chi connectivity index (χ1v) is 7.07. The van der Waals surface area contributed by atoms with Gasteiger partial charge >= 0.3 is 0 Å². The summed E-state index contributed by atoms with van der Waals surface area (Å²) in [6.07, 6.45) is 8.43. The molecule has 0 saturated carbocycles. The van der Waals surface area contributed by atoms with Gasteiger partial charge in [-0.15, -0.1) is 0 Å². The van der Waals surface area contributed by atoms with E-state index in [0.29, 0.717) is 12.1 Å². The van der Waals surface area contributed by atoms with Crippen molar-refractivity contribution in [2.24, 2.45) is 5.92 Å². The van der Waals surface area contributed by atoms with Gasteiger partial charge < -0.3 is 10.1 Å². The first-order chi connectivity index (χ1) is 7.72. The molecule has 1 aliphatic rings. The third-order valence-corrected chi connectivity index (χ3v) is 3.56. The summed E-state index contributed by atoms with van der Waals surface area (Å²) in [5, 5.41) is 3.48. The van der Waals surface area contributed by atoms with Crippen LogP contribution in [0.5, 0.6) is 0 Å². The summed E-state index contributed by atoms with van der Waals surface area (Å²) in [6, 6.07) is 0.669. The van der Waals surface area contributed by atoms with Crippen LogP contribution in [0.15, 0.2) is 0 Å². The number of rotatable bonds is 8. The van der Waals surface area contributed by atoms with Crippen LogP contribution in [-0.2, 0) is 4.74 Å². The summed E-state index contributed by atoms with van der Waals surface area (Å²) in [5.41, 5.74) is 0. The first kappa shape index (κ1) is 14.0. The predicted octanol–water partition coefficient (Wildman–Crippen LogP) is 3.36.